The Balaban J connectivity index is 1.41. The third-order valence-corrected chi connectivity index (χ3v) is 7.93. The van der Waals surface area contributed by atoms with Crippen LogP contribution in [0.2, 0.25) is 10.0 Å². The highest BCUT2D eigenvalue weighted by molar-refractivity contribution is 6.39. The maximum atomic E-state index is 9.50. The minimum absolute atomic E-state index is 0.0932. The molecule has 0 amide bonds. The smallest absolute Gasteiger partial charge is 0.165 e. The van der Waals surface area contributed by atoms with Crippen molar-refractivity contribution in [2.24, 2.45) is 5.92 Å². The number of nitrogens with one attached hydrogen (secondary N) is 2. The van der Waals surface area contributed by atoms with Gasteiger partial charge in [0.1, 0.15) is 0 Å². The van der Waals surface area contributed by atoms with Crippen LogP contribution in [0.15, 0.2) is 73.0 Å². The van der Waals surface area contributed by atoms with E-state index < -0.39 is 0 Å². The van der Waals surface area contributed by atoms with E-state index in [1.54, 1.807) is 4.52 Å². The zero-order valence-electron chi connectivity index (χ0n) is 22.5. The zero-order valence-corrected chi connectivity index (χ0v) is 24.0. The van der Waals surface area contributed by atoms with Crippen LogP contribution in [0.3, 0.4) is 0 Å². The van der Waals surface area contributed by atoms with E-state index >= 15 is 0 Å². The molecular formula is C31H33Cl2N5O2. The van der Waals surface area contributed by atoms with Gasteiger partial charge in [0, 0.05) is 40.5 Å². The summed E-state index contributed by atoms with van der Waals surface area (Å²) in [5.41, 5.74) is 5.96. The standard InChI is InChI=1S/C31H33Cl2N5O2/c1-31(2,18-39)35-16-20-9-11-21(12-10-20)23-5-3-7-25(29(23)32)26-8-4-6-24(30(26)33)22-13-14-38-28(15-22)36-27(37-38)17-34-19-40/h3-9,11-15,20,34-35,39-40H,10,16-19H2,1-2H3. The third kappa shape index (κ3) is 6.15. The summed E-state index contributed by atoms with van der Waals surface area (Å²) in [5, 5.41) is 30.4. The molecule has 208 valence electrons. The van der Waals surface area contributed by atoms with Crippen molar-refractivity contribution in [2.75, 3.05) is 19.9 Å². The van der Waals surface area contributed by atoms with Gasteiger partial charge in [0.05, 0.1) is 29.9 Å². The molecule has 0 radical (unpaired) electrons. The molecule has 0 saturated heterocycles. The van der Waals surface area contributed by atoms with Crippen molar-refractivity contribution in [1.82, 2.24) is 25.2 Å². The molecule has 1 aliphatic rings. The number of aliphatic hydroxyl groups excluding tert-OH is 2. The van der Waals surface area contributed by atoms with Crippen LogP contribution in [0.5, 0.6) is 0 Å². The van der Waals surface area contributed by atoms with Crippen LogP contribution >= 0.6 is 23.2 Å². The van der Waals surface area contributed by atoms with E-state index in [-0.39, 0.29) is 18.9 Å². The van der Waals surface area contributed by atoms with Gasteiger partial charge in [0.25, 0.3) is 0 Å². The van der Waals surface area contributed by atoms with Crippen molar-refractivity contribution in [1.29, 1.82) is 0 Å². The van der Waals surface area contributed by atoms with Gasteiger partial charge in [0.2, 0.25) is 0 Å². The van der Waals surface area contributed by atoms with Crippen molar-refractivity contribution in [3.05, 3.63) is 94.4 Å². The molecule has 4 aromatic rings. The zero-order chi connectivity index (χ0) is 28.3. The van der Waals surface area contributed by atoms with Crippen LogP contribution in [-0.4, -0.2) is 50.2 Å². The molecule has 1 atom stereocenters. The second kappa shape index (κ2) is 12.2. The molecule has 0 fully saturated rings. The highest BCUT2D eigenvalue weighted by Gasteiger charge is 2.20. The topological polar surface area (TPSA) is 94.7 Å². The molecule has 0 saturated carbocycles. The summed E-state index contributed by atoms with van der Waals surface area (Å²) in [6.07, 6.45) is 9.30. The van der Waals surface area contributed by atoms with Crippen LogP contribution < -0.4 is 10.6 Å². The average Bonchev–Trinajstić information content (AvgIpc) is 3.38. The summed E-state index contributed by atoms with van der Waals surface area (Å²) in [5.74, 6) is 0.949. The first-order valence-corrected chi connectivity index (χ1v) is 14.0. The van der Waals surface area contributed by atoms with E-state index in [4.69, 9.17) is 28.3 Å². The van der Waals surface area contributed by atoms with Gasteiger partial charge in [-0.2, -0.15) is 0 Å². The number of aromatic nitrogens is 3. The fraction of sp³-hybridized carbons (Fsp3) is 0.290. The molecule has 2 heterocycles. The van der Waals surface area contributed by atoms with E-state index in [1.807, 2.05) is 68.6 Å². The molecule has 9 heteroatoms. The molecule has 1 unspecified atom stereocenters. The normalized spacial score (nSPS) is 15.6. The first kappa shape index (κ1) is 28.5. The van der Waals surface area contributed by atoms with Gasteiger partial charge in [0.15, 0.2) is 11.5 Å². The molecule has 4 N–H and O–H groups in total. The van der Waals surface area contributed by atoms with Crippen molar-refractivity contribution in [3.8, 4) is 22.3 Å². The lowest BCUT2D eigenvalue weighted by Crippen LogP contribution is -2.44. The number of aliphatic hydroxyl groups is 2. The van der Waals surface area contributed by atoms with Crippen molar-refractivity contribution in [2.45, 2.75) is 32.4 Å². The average molecular weight is 579 g/mol. The lowest BCUT2D eigenvalue weighted by atomic mass is 9.90. The first-order chi connectivity index (χ1) is 19.3. The highest BCUT2D eigenvalue weighted by atomic mass is 35.5. The predicted molar refractivity (Wildman–Crippen MR) is 162 cm³/mol. The molecule has 2 aromatic carbocycles. The first-order valence-electron chi connectivity index (χ1n) is 13.3. The van der Waals surface area contributed by atoms with E-state index in [0.717, 1.165) is 46.4 Å². The van der Waals surface area contributed by atoms with Gasteiger partial charge in [-0.3, -0.25) is 5.32 Å². The second-order valence-corrected chi connectivity index (χ2v) is 11.4. The Morgan fingerprint density at radius 2 is 1.70 bits per heavy atom. The van der Waals surface area contributed by atoms with Gasteiger partial charge in [-0.05, 0) is 49.5 Å². The van der Waals surface area contributed by atoms with E-state index in [0.29, 0.717) is 34.0 Å². The molecule has 2 aromatic heterocycles. The van der Waals surface area contributed by atoms with Crippen molar-refractivity contribution >= 4 is 34.4 Å². The van der Waals surface area contributed by atoms with Gasteiger partial charge < -0.3 is 15.5 Å². The molecule has 0 aliphatic heterocycles. The van der Waals surface area contributed by atoms with Gasteiger partial charge >= 0.3 is 0 Å². The number of hydrogen-bond donors (Lipinski definition) is 4. The molecule has 0 spiro atoms. The van der Waals surface area contributed by atoms with Gasteiger partial charge in [-0.25, -0.2) is 9.50 Å². The Morgan fingerprint density at radius 3 is 2.38 bits per heavy atom. The van der Waals surface area contributed by atoms with Crippen molar-refractivity contribution in [3.63, 3.8) is 0 Å². The molecule has 1 aliphatic carbocycles. The fourth-order valence-electron chi connectivity index (χ4n) is 4.74. The van der Waals surface area contributed by atoms with Crippen LogP contribution in [0.1, 0.15) is 31.7 Å². The monoisotopic (exact) mass is 577 g/mol. The number of halogens is 2. The number of hydrogen-bond acceptors (Lipinski definition) is 6. The Kier molecular flexibility index (Phi) is 8.71. The van der Waals surface area contributed by atoms with Crippen molar-refractivity contribution < 1.29 is 10.2 Å². The Labute approximate surface area is 244 Å². The van der Waals surface area contributed by atoms with E-state index in [1.165, 1.54) is 0 Å². The number of benzene rings is 2. The largest absolute Gasteiger partial charge is 0.394 e. The van der Waals surface area contributed by atoms with Gasteiger partial charge in [-0.15, -0.1) is 5.10 Å². The van der Waals surface area contributed by atoms with E-state index in [2.05, 4.69) is 38.9 Å². The summed E-state index contributed by atoms with van der Waals surface area (Å²) in [7, 11) is 0. The maximum absolute atomic E-state index is 9.50. The SMILES string of the molecule is CC(C)(CO)NCC1C=CC(c2cccc(-c3cccc(-c4ccn5nc(CNCO)nc5c4)c3Cl)c2Cl)=CC1. The Morgan fingerprint density at radius 1 is 1.00 bits per heavy atom. The van der Waals surface area contributed by atoms with Crippen LogP contribution in [0.4, 0.5) is 0 Å². The predicted octanol–water partition coefficient (Wildman–Crippen LogP) is 5.73. The summed E-state index contributed by atoms with van der Waals surface area (Å²) in [6.45, 7) is 5.12. The minimum atomic E-state index is -0.300. The number of rotatable bonds is 10. The second-order valence-electron chi connectivity index (χ2n) is 10.6. The number of allylic oxidation sites excluding steroid dienone is 3. The van der Waals surface area contributed by atoms with Crippen LogP contribution in [0, 0.1) is 5.92 Å². The quantitative estimate of drug-likeness (QED) is 0.180. The van der Waals surface area contributed by atoms with E-state index in [9.17, 15) is 5.11 Å². The molecular weight excluding hydrogens is 545 g/mol. The molecule has 5 rings (SSSR count). The lowest BCUT2D eigenvalue weighted by molar-refractivity contribution is 0.185. The molecule has 7 nitrogen and oxygen atoms in total. The summed E-state index contributed by atoms with van der Waals surface area (Å²) >= 11 is 14.0. The summed E-state index contributed by atoms with van der Waals surface area (Å²) in [6, 6.07) is 15.9. The Hall–Kier alpha value is -3.04. The van der Waals surface area contributed by atoms with Gasteiger partial charge in [-0.1, -0.05) is 77.8 Å². The third-order valence-electron chi connectivity index (χ3n) is 7.11. The summed E-state index contributed by atoms with van der Waals surface area (Å²) in [4.78, 5) is 4.54. The number of pyridine rings is 1. The summed E-state index contributed by atoms with van der Waals surface area (Å²) < 4.78 is 1.70. The number of nitrogens with zero attached hydrogens (tertiary/aromatic N) is 3. The lowest BCUT2D eigenvalue weighted by Gasteiger charge is -2.27. The Bertz CT molecular complexity index is 1580. The number of fused-ring (bicyclic) bond motifs is 1. The van der Waals surface area contributed by atoms with Crippen LogP contribution in [-0.2, 0) is 6.54 Å². The fourth-order valence-corrected chi connectivity index (χ4v) is 5.42. The molecule has 40 heavy (non-hydrogen) atoms. The molecule has 0 bridgehead atoms. The minimum Gasteiger partial charge on any atom is -0.394 e. The highest BCUT2D eigenvalue weighted by Crippen LogP contribution is 2.42. The maximum Gasteiger partial charge on any atom is 0.165 e. The van der Waals surface area contributed by atoms with Crippen LogP contribution in [0.25, 0.3) is 33.5 Å².